The minimum Gasteiger partial charge on any atom is -0.482 e. The number of benzene rings is 2. The van der Waals surface area contributed by atoms with Gasteiger partial charge in [0.15, 0.2) is 6.61 Å². The molecular weight excluding hydrogens is 320 g/mol. The van der Waals surface area contributed by atoms with Crippen LogP contribution in [-0.4, -0.2) is 23.6 Å². The largest absolute Gasteiger partial charge is 0.482 e. The number of carbonyl (C=O) groups is 2. The number of carbonyl (C=O) groups excluding carboxylic acids is 1. The summed E-state index contributed by atoms with van der Waals surface area (Å²) in [5.74, 6) is -1.27. The van der Waals surface area contributed by atoms with Crippen molar-refractivity contribution in [3.8, 4) is 11.8 Å². The molecule has 2 rings (SSSR count). The maximum atomic E-state index is 12.2. The zero-order valence-corrected chi connectivity index (χ0v) is 13.5. The maximum absolute atomic E-state index is 12.2. The second-order valence-corrected chi connectivity index (χ2v) is 5.25. The Bertz CT molecular complexity index is 866. The van der Waals surface area contributed by atoms with E-state index < -0.39 is 18.5 Å². The van der Waals surface area contributed by atoms with Crippen molar-refractivity contribution >= 4 is 23.6 Å². The van der Waals surface area contributed by atoms with Gasteiger partial charge in [0.05, 0.1) is 0 Å². The molecule has 126 valence electrons. The highest BCUT2D eigenvalue weighted by atomic mass is 16.5. The lowest BCUT2D eigenvalue weighted by atomic mass is 10.1. The molecule has 2 aromatic rings. The van der Waals surface area contributed by atoms with E-state index in [1.807, 2.05) is 25.1 Å². The molecule has 0 saturated carbocycles. The lowest BCUT2D eigenvalue weighted by molar-refractivity contribution is -0.139. The Morgan fingerprint density at radius 1 is 1.24 bits per heavy atom. The lowest BCUT2D eigenvalue weighted by Crippen LogP contribution is -2.13. The molecule has 2 N–H and O–H groups in total. The quantitative estimate of drug-likeness (QED) is 0.624. The first-order valence-corrected chi connectivity index (χ1v) is 7.42. The summed E-state index contributed by atoms with van der Waals surface area (Å²) in [4.78, 5) is 22.8. The molecule has 2 aromatic carbocycles. The van der Waals surface area contributed by atoms with Crippen molar-refractivity contribution < 1.29 is 19.4 Å². The Labute approximate surface area is 145 Å². The number of hydrogen-bond donors (Lipinski definition) is 2. The fraction of sp³-hybridized carbons (Fsp3) is 0.105. The molecule has 6 nitrogen and oxygen atoms in total. The van der Waals surface area contributed by atoms with E-state index >= 15 is 0 Å². The molecule has 1 amide bonds. The van der Waals surface area contributed by atoms with E-state index in [4.69, 9.17) is 9.84 Å². The van der Waals surface area contributed by atoms with Gasteiger partial charge in [0.1, 0.15) is 17.4 Å². The monoisotopic (exact) mass is 336 g/mol. The van der Waals surface area contributed by atoms with E-state index in [1.54, 1.807) is 36.4 Å². The highest BCUT2D eigenvalue weighted by Crippen LogP contribution is 2.17. The number of rotatable bonds is 6. The first-order valence-electron chi connectivity index (χ1n) is 7.42. The fourth-order valence-electron chi connectivity index (χ4n) is 2.08. The van der Waals surface area contributed by atoms with Crippen LogP contribution in [0.4, 0.5) is 5.69 Å². The number of anilines is 1. The topological polar surface area (TPSA) is 99.4 Å². The van der Waals surface area contributed by atoms with E-state index in [9.17, 15) is 14.9 Å². The molecule has 6 heteroatoms. The van der Waals surface area contributed by atoms with Gasteiger partial charge in [-0.2, -0.15) is 5.26 Å². The minimum atomic E-state index is -1.09. The van der Waals surface area contributed by atoms with Gasteiger partial charge >= 0.3 is 5.97 Å². The zero-order valence-electron chi connectivity index (χ0n) is 13.5. The van der Waals surface area contributed by atoms with Gasteiger partial charge in [0, 0.05) is 5.69 Å². The van der Waals surface area contributed by atoms with Crippen molar-refractivity contribution in [1.29, 1.82) is 5.26 Å². The van der Waals surface area contributed by atoms with Gasteiger partial charge in [-0.3, -0.25) is 4.79 Å². The van der Waals surface area contributed by atoms with Crippen molar-refractivity contribution in [1.82, 2.24) is 0 Å². The smallest absolute Gasteiger partial charge is 0.341 e. The zero-order chi connectivity index (χ0) is 18.2. The lowest BCUT2D eigenvalue weighted by Gasteiger charge is -2.06. The predicted molar refractivity (Wildman–Crippen MR) is 93.0 cm³/mol. The number of nitrogens with zero attached hydrogens (tertiary/aromatic N) is 1. The van der Waals surface area contributed by atoms with Crippen LogP contribution in [0.3, 0.4) is 0 Å². The number of amides is 1. The van der Waals surface area contributed by atoms with E-state index in [0.29, 0.717) is 17.0 Å². The SMILES string of the molecule is Cc1cccc(NC(=O)/C(C#N)=C\c2cccc(OCC(=O)O)c2)c1. The third-order valence-electron chi connectivity index (χ3n) is 3.17. The van der Waals surface area contributed by atoms with Crippen molar-refractivity contribution in [2.24, 2.45) is 0 Å². The Morgan fingerprint density at radius 3 is 2.68 bits per heavy atom. The highest BCUT2D eigenvalue weighted by Gasteiger charge is 2.10. The van der Waals surface area contributed by atoms with Gasteiger partial charge in [-0.05, 0) is 48.4 Å². The van der Waals surface area contributed by atoms with Crippen LogP contribution in [-0.2, 0) is 9.59 Å². The summed E-state index contributed by atoms with van der Waals surface area (Å²) in [6.07, 6.45) is 1.42. The van der Waals surface area contributed by atoms with Crippen LogP contribution >= 0.6 is 0 Å². The van der Waals surface area contributed by atoms with Gasteiger partial charge in [0.2, 0.25) is 0 Å². The summed E-state index contributed by atoms with van der Waals surface area (Å²) in [6.45, 7) is 1.44. The summed E-state index contributed by atoms with van der Waals surface area (Å²) in [5, 5.41) is 20.5. The molecule has 0 aromatic heterocycles. The summed E-state index contributed by atoms with van der Waals surface area (Å²) >= 11 is 0. The van der Waals surface area contributed by atoms with Crippen LogP contribution in [0.1, 0.15) is 11.1 Å². The molecule has 0 aliphatic rings. The number of ether oxygens (including phenoxy) is 1. The first kappa shape index (κ1) is 17.8. The molecule has 0 saturated heterocycles. The number of carboxylic acids is 1. The van der Waals surface area contributed by atoms with Crippen molar-refractivity contribution in [2.75, 3.05) is 11.9 Å². The molecule has 0 unspecified atom stereocenters. The fourth-order valence-corrected chi connectivity index (χ4v) is 2.08. The predicted octanol–water partition coefficient (Wildman–Crippen LogP) is 3.00. The Balaban J connectivity index is 2.16. The molecule has 0 bridgehead atoms. The van der Waals surface area contributed by atoms with Gasteiger partial charge in [-0.25, -0.2) is 4.79 Å². The van der Waals surface area contributed by atoms with Crippen molar-refractivity contribution in [3.05, 3.63) is 65.2 Å². The molecule has 0 atom stereocenters. The number of nitrogens with one attached hydrogen (secondary N) is 1. The van der Waals surface area contributed by atoms with Gasteiger partial charge < -0.3 is 15.2 Å². The van der Waals surface area contributed by atoms with Crippen LogP contribution in [0.15, 0.2) is 54.1 Å². The molecule has 0 heterocycles. The molecule has 0 spiro atoms. The Kier molecular flexibility index (Phi) is 5.91. The van der Waals surface area contributed by atoms with Gasteiger partial charge in [-0.15, -0.1) is 0 Å². The molecule has 0 fully saturated rings. The number of carboxylic acid groups (broad SMARTS) is 1. The van der Waals surface area contributed by atoms with Crippen molar-refractivity contribution in [3.63, 3.8) is 0 Å². The second kappa shape index (κ2) is 8.31. The third kappa shape index (κ3) is 5.52. The normalized spacial score (nSPS) is 10.6. The van der Waals surface area contributed by atoms with Crippen LogP contribution in [0.25, 0.3) is 6.08 Å². The summed E-state index contributed by atoms with van der Waals surface area (Å²) in [6, 6.07) is 15.6. The van der Waals surface area contributed by atoms with Crippen LogP contribution in [0, 0.1) is 18.3 Å². The Morgan fingerprint density at radius 2 is 2.00 bits per heavy atom. The molecule has 0 radical (unpaired) electrons. The Hall–Kier alpha value is -3.59. The third-order valence-corrected chi connectivity index (χ3v) is 3.17. The highest BCUT2D eigenvalue weighted by molar-refractivity contribution is 6.09. The van der Waals surface area contributed by atoms with Gasteiger partial charge in [0.25, 0.3) is 5.91 Å². The van der Waals surface area contributed by atoms with Gasteiger partial charge in [-0.1, -0.05) is 24.3 Å². The number of nitriles is 1. The number of hydrogen-bond acceptors (Lipinski definition) is 4. The number of aliphatic carboxylic acids is 1. The molecule has 25 heavy (non-hydrogen) atoms. The van der Waals surface area contributed by atoms with E-state index in [-0.39, 0.29) is 5.57 Å². The van der Waals surface area contributed by atoms with Crippen LogP contribution < -0.4 is 10.1 Å². The summed E-state index contributed by atoms with van der Waals surface area (Å²) in [7, 11) is 0. The first-order chi connectivity index (χ1) is 12.0. The van der Waals surface area contributed by atoms with E-state index in [0.717, 1.165) is 5.56 Å². The average molecular weight is 336 g/mol. The van der Waals surface area contributed by atoms with Crippen LogP contribution in [0.2, 0.25) is 0 Å². The van der Waals surface area contributed by atoms with E-state index in [2.05, 4.69) is 5.32 Å². The average Bonchev–Trinajstić information content (AvgIpc) is 2.58. The molecule has 0 aliphatic carbocycles. The van der Waals surface area contributed by atoms with E-state index in [1.165, 1.54) is 6.08 Å². The standard InChI is InChI=1S/C19H16N2O4/c1-13-4-2-6-16(8-13)21-19(24)15(11-20)9-14-5-3-7-17(10-14)25-12-18(22)23/h2-10H,12H2,1H3,(H,21,24)(H,22,23)/b15-9-. The van der Waals surface area contributed by atoms with Crippen LogP contribution in [0.5, 0.6) is 5.75 Å². The number of aryl methyl sites for hydroxylation is 1. The maximum Gasteiger partial charge on any atom is 0.341 e. The minimum absolute atomic E-state index is 0.0723. The summed E-state index contributed by atoms with van der Waals surface area (Å²) in [5.41, 5.74) is 2.07. The second-order valence-electron chi connectivity index (χ2n) is 5.25. The van der Waals surface area contributed by atoms with Crippen molar-refractivity contribution in [2.45, 2.75) is 6.92 Å². The molecule has 0 aliphatic heterocycles. The summed E-state index contributed by atoms with van der Waals surface area (Å²) < 4.78 is 5.08. The molecular formula is C19H16N2O4.